The van der Waals surface area contributed by atoms with Gasteiger partial charge in [0.1, 0.15) is 0 Å². The Balaban J connectivity index is 1.96. The smallest absolute Gasteiger partial charge is 0.0951 e. The molecule has 0 saturated heterocycles. The van der Waals surface area contributed by atoms with Crippen LogP contribution in [0.1, 0.15) is 37.1 Å². The number of hydrogen-bond donors (Lipinski definition) is 1. The summed E-state index contributed by atoms with van der Waals surface area (Å²) in [6, 6.07) is 0. The summed E-state index contributed by atoms with van der Waals surface area (Å²) < 4.78 is 2.27. The van der Waals surface area contributed by atoms with Crippen molar-refractivity contribution in [2.75, 3.05) is 0 Å². The summed E-state index contributed by atoms with van der Waals surface area (Å²) in [6.45, 7) is 1.000. The van der Waals surface area contributed by atoms with Crippen LogP contribution < -0.4 is 5.73 Å². The largest absolute Gasteiger partial charge is 0.393 e. The van der Waals surface area contributed by atoms with Crippen molar-refractivity contribution in [1.29, 1.82) is 0 Å². The van der Waals surface area contributed by atoms with Gasteiger partial charge in [0, 0.05) is 12.2 Å². The highest BCUT2D eigenvalue weighted by molar-refractivity contribution is 7.80. The van der Waals surface area contributed by atoms with E-state index in [2.05, 4.69) is 9.55 Å². The van der Waals surface area contributed by atoms with Crippen LogP contribution in [0.4, 0.5) is 0 Å². The van der Waals surface area contributed by atoms with Crippen LogP contribution in [-0.4, -0.2) is 14.5 Å². The highest BCUT2D eigenvalue weighted by Crippen LogP contribution is 2.20. The Hall–Kier alpha value is -0.900. The zero-order valence-electron chi connectivity index (χ0n) is 8.91. The zero-order valence-corrected chi connectivity index (χ0v) is 9.72. The van der Waals surface area contributed by atoms with E-state index >= 15 is 0 Å². The second kappa shape index (κ2) is 4.75. The number of nitrogens with two attached hydrogens (primary N) is 1. The normalized spacial score (nSPS) is 14.9. The number of nitrogens with zero attached hydrogens (tertiary/aromatic N) is 2. The molecule has 1 aliphatic carbocycles. The number of aromatic nitrogens is 2. The van der Waals surface area contributed by atoms with Crippen molar-refractivity contribution >= 4 is 17.2 Å². The molecule has 2 N–H and O–H groups in total. The third-order valence-corrected chi connectivity index (χ3v) is 3.14. The lowest BCUT2D eigenvalue weighted by atomic mass is 10.0. The molecule has 0 unspecified atom stereocenters. The molecule has 82 valence electrons. The summed E-state index contributed by atoms with van der Waals surface area (Å²) in [5.74, 6) is 0. The van der Waals surface area contributed by atoms with E-state index in [9.17, 15) is 0 Å². The fraction of sp³-hybridized carbons (Fsp3) is 0.636. The van der Waals surface area contributed by atoms with E-state index in [0.717, 1.165) is 25.8 Å². The quantitative estimate of drug-likeness (QED) is 0.792. The van der Waals surface area contributed by atoms with Gasteiger partial charge >= 0.3 is 0 Å². The van der Waals surface area contributed by atoms with E-state index in [0.29, 0.717) is 4.99 Å². The molecule has 15 heavy (non-hydrogen) atoms. The SMILES string of the molecule is NC(=S)CCCn1cnc2c1CCCC2. The lowest BCUT2D eigenvalue weighted by Crippen LogP contribution is -2.11. The second-order valence-electron chi connectivity index (χ2n) is 4.11. The lowest BCUT2D eigenvalue weighted by molar-refractivity contribution is 0.589. The van der Waals surface area contributed by atoms with Crippen LogP contribution in [0.25, 0.3) is 0 Å². The molecule has 2 rings (SSSR count). The van der Waals surface area contributed by atoms with Gasteiger partial charge < -0.3 is 10.3 Å². The van der Waals surface area contributed by atoms with Crippen LogP contribution in [0.5, 0.6) is 0 Å². The van der Waals surface area contributed by atoms with Crippen LogP contribution in [-0.2, 0) is 19.4 Å². The molecule has 0 saturated carbocycles. The van der Waals surface area contributed by atoms with Crippen molar-refractivity contribution in [2.24, 2.45) is 5.73 Å². The molecule has 3 nitrogen and oxygen atoms in total. The summed E-state index contributed by atoms with van der Waals surface area (Å²) in [4.78, 5) is 5.07. The minimum Gasteiger partial charge on any atom is -0.393 e. The molecule has 1 heterocycles. The molecule has 0 fully saturated rings. The molecule has 1 aromatic rings. The van der Waals surface area contributed by atoms with Gasteiger partial charge in [-0.05, 0) is 38.5 Å². The average Bonchev–Trinajstić information content (AvgIpc) is 2.62. The molecule has 4 heteroatoms. The van der Waals surface area contributed by atoms with Crippen LogP contribution in [0, 0.1) is 0 Å². The van der Waals surface area contributed by atoms with Gasteiger partial charge in [-0.25, -0.2) is 4.98 Å². The lowest BCUT2D eigenvalue weighted by Gasteiger charge is -2.13. The first-order valence-electron chi connectivity index (χ1n) is 5.58. The molecular weight excluding hydrogens is 206 g/mol. The summed E-state index contributed by atoms with van der Waals surface area (Å²) in [5, 5.41) is 0. The molecule has 0 aromatic carbocycles. The summed E-state index contributed by atoms with van der Waals surface area (Å²) in [6.07, 6.45) is 8.75. The van der Waals surface area contributed by atoms with Gasteiger partial charge in [-0.2, -0.15) is 0 Å². The monoisotopic (exact) mass is 223 g/mol. The number of aryl methyl sites for hydroxylation is 2. The van der Waals surface area contributed by atoms with Gasteiger partial charge in [0.25, 0.3) is 0 Å². The van der Waals surface area contributed by atoms with E-state index in [4.69, 9.17) is 18.0 Å². The minimum atomic E-state index is 0.615. The zero-order chi connectivity index (χ0) is 10.7. The Morgan fingerprint density at radius 1 is 1.47 bits per heavy atom. The Morgan fingerprint density at radius 2 is 2.27 bits per heavy atom. The molecule has 1 aliphatic rings. The van der Waals surface area contributed by atoms with Crippen molar-refractivity contribution in [3.63, 3.8) is 0 Å². The summed E-state index contributed by atoms with van der Waals surface area (Å²) in [7, 11) is 0. The molecule has 0 spiro atoms. The first-order chi connectivity index (χ1) is 7.27. The minimum absolute atomic E-state index is 0.615. The number of rotatable bonds is 4. The van der Waals surface area contributed by atoms with Crippen LogP contribution in [0.15, 0.2) is 6.33 Å². The fourth-order valence-corrected chi connectivity index (χ4v) is 2.29. The number of fused-ring (bicyclic) bond motifs is 1. The standard InChI is InChI=1S/C11H17N3S/c12-11(15)6-3-7-14-8-13-9-4-1-2-5-10(9)14/h8H,1-7H2,(H2,12,15). The van der Waals surface area contributed by atoms with Gasteiger partial charge in [-0.1, -0.05) is 12.2 Å². The van der Waals surface area contributed by atoms with E-state index in [-0.39, 0.29) is 0 Å². The van der Waals surface area contributed by atoms with Crippen molar-refractivity contribution in [1.82, 2.24) is 9.55 Å². The first kappa shape index (κ1) is 10.6. The van der Waals surface area contributed by atoms with Gasteiger partial charge in [-0.15, -0.1) is 0 Å². The van der Waals surface area contributed by atoms with Gasteiger partial charge in [0.05, 0.1) is 17.0 Å². The summed E-state index contributed by atoms with van der Waals surface area (Å²) >= 11 is 4.86. The number of imidazole rings is 1. The number of thiocarbonyl (C=S) groups is 1. The third kappa shape index (κ3) is 2.56. The molecule has 1 aromatic heterocycles. The van der Waals surface area contributed by atoms with E-state index in [1.165, 1.54) is 30.7 Å². The van der Waals surface area contributed by atoms with Crippen molar-refractivity contribution in [2.45, 2.75) is 45.1 Å². The van der Waals surface area contributed by atoms with Crippen LogP contribution in [0.2, 0.25) is 0 Å². The van der Waals surface area contributed by atoms with Crippen LogP contribution in [0.3, 0.4) is 0 Å². The van der Waals surface area contributed by atoms with Gasteiger partial charge in [0.2, 0.25) is 0 Å². The van der Waals surface area contributed by atoms with E-state index < -0.39 is 0 Å². The molecule has 0 atom stereocenters. The Kier molecular flexibility index (Phi) is 3.36. The first-order valence-corrected chi connectivity index (χ1v) is 5.99. The predicted molar refractivity (Wildman–Crippen MR) is 64.9 cm³/mol. The van der Waals surface area contributed by atoms with Gasteiger partial charge in [0.15, 0.2) is 0 Å². The Labute approximate surface area is 95.7 Å². The van der Waals surface area contributed by atoms with Crippen molar-refractivity contribution in [3.05, 3.63) is 17.7 Å². The topological polar surface area (TPSA) is 43.8 Å². The van der Waals surface area contributed by atoms with Crippen LogP contribution >= 0.6 is 12.2 Å². The van der Waals surface area contributed by atoms with E-state index in [1.54, 1.807) is 0 Å². The second-order valence-corrected chi connectivity index (χ2v) is 4.63. The third-order valence-electron chi connectivity index (χ3n) is 2.93. The maximum atomic E-state index is 5.48. The van der Waals surface area contributed by atoms with Gasteiger partial charge in [-0.3, -0.25) is 0 Å². The van der Waals surface area contributed by atoms with Crippen molar-refractivity contribution in [3.8, 4) is 0 Å². The molecule has 0 radical (unpaired) electrons. The predicted octanol–water partition coefficient (Wildman–Crippen LogP) is 1.83. The molecule has 0 aliphatic heterocycles. The van der Waals surface area contributed by atoms with E-state index in [1.807, 2.05) is 6.33 Å². The average molecular weight is 223 g/mol. The highest BCUT2D eigenvalue weighted by Gasteiger charge is 2.14. The maximum absolute atomic E-state index is 5.48. The number of hydrogen-bond acceptors (Lipinski definition) is 2. The molecule has 0 amide bonds. The molecule has 0 bridgehead atoms. The summed E-state index contributed by atoms with van der Waals surface area (Å²) in [5.41, 5.74) is 8.21. The van der Waals surface area contributed by atoms with Crippen molar-refractivity contribution < 1.29 is 0 Å². The Morgan fingerprint density at radius 3 is 3.07 bits per heavy atom. The maximum Gasteiger partial charge on any atom is 0.0951 e. The fourth-order valence-electron chi connectivity index (χ4n) is 2.15. The molecular formula is C11H17N3S. The Bertz CT molecular complexity index is 357. The highest BCUT2D eigenvalue weighted by atomic mass is 32.1.